The van der Waals surface area contributed by atoms with E-state index in [1.54, 1.807) is 0 Å². The zero-order valence-electron chi connectivity index (χ0n) is 13.1. The Labute approximate surface area is 135 Å². The van der Waals surface area contributed by atoms with Crippen molar-refractivity contribution in [3.63, 3.8) is 0 Å². The fourth-order valence-corrected chi connectivity index (χ4v) is 2.58. The number of nitrogens with one attached hydrogen (secondary N) is 2. The molecule has 0 spiro atoms. The molecule has 0 aliphatic heterocycles. The molecular weight excluding hydrogens is 288 g/mol. The summed E-state index contributed by atoms with van der Waals surface area (Å²) >= 11 is 0. The Bertz CT molecular complexity index is 808. The molecule has 2 aromatic carbocycles. The average molecular weight is 308 g/mol. The number of aryl methyl sites for hydroxylation is 1. The zero-order valence-corrected chi connectivity index (χ0v) is 13.1. The standard InChI is InChI=1S/C19H20N2O2/c1-14-6-2-5-9-18(14)23-11-10-20-19(22)12-15-13-21-17-8-4-3-7-16(15)17/h2-9,13,21H,10-12H2,1H3,(H,20,22). The number of H-pyrrole nitrogens is 1. The van der Waals surface area contributed by atoms with E-state index in [-0.39, 0.29) is 5.91 Å². The monoisotopic (exact) mass is 308 g/mol. The van der Waals surface area contributed by atoms with Gasteiger partial charge in [-0.1, -0.05) is 36.4 Å². The summed E-state index contributed by atoms with van der Waals surface area (Å²) in [4.78, 5) is 15.2. The number of hydrogen-bond acceptors (Lipinski definition) is 2. The molecular formula is C19H20N2O2. The molecule has 3 aromatic rings. The van der Waals surface area contributed by atoms with Crippen molar-refractivity contribution < 1.29 is 9.53 Å². The van der Waals surface area contributed by atoms with Gasteiger partial charge in [0.15, 0.2) is 0 Å². The van der Waals surface area contributed by atoms with Crippen LogP contribution < -0.4 is 10.1 Å². The molecule has 118 valence electrons. The topological polar surface area (TPSA) is 54.1 Å². The van der Waals surface area contributed by atoms with Crippen LogP contribution in [0.2, 0.25) is 0 Å². The van der Waals surface area contributed by atoms with E-state index in [4.69, 9.17) is 4.74 Å². The van der Waals surface area contributed by atoms with Crippen LogP contribution in [0.3, 0.4) is 0 Å². The van der Waals surface area contributed by atoms with Gasteiger partial charge in [0.2, 0.25) is 5.91 Å². The van der Waals surface area contributed by atoms with E-state index in [2.05, 4.69) is 10.3 Å². The fraction of sp³-hybridized carbons (Fsp3) is 0.211. The lowest BCUT2D eigenvalue weighted by Crippen LogP contribution is -2.29. The molecule has 0 unspecified atom stereocenters. The molecule has 1 heterocycles. The number of aromatic nitrogens is 1. The summed E-state index contributed by atoms with van der Waals surface area (Å²) in [5.41, 5.74) is 3.16. The molecule has 1 amide bonds. The maximum absolute atomic E-state index is 12.1. The van der Waals surface area contributed by atoms with E-state index in [1.165, 1.54) is 0 Å². The lowest BCUT2D eigenvalue weighted by atomic mass is 10.1. The van der Waals surface area contributed by atoms with Crippen LogP contribution in [0.25, 0.3) is 10.9 Å². The van der Waals surface area contributed by atoms with Crippen molar-refractivity contribution in [2.75, 3.05) is 13.2 Å². The Hall–Kier alpha value is -2.75. The van der Waals surface area contributed by atoms with Crippen molar-refractivity contribution in [2.24, 2.45) is 0 Å². The third kappa shape index (κ3) is 3.72. The molecule has 0 aliphatic carbocycles. The minimum Gasteiger partial charge on any atom is -0.491 e. The Morgan fingerprint density at radius 2 is 1.91 bits per heavy atom. The first-order chi connectivity index (χ1) is 11.2. The molecule has 3 rings (SSSR count). The molecule has 1 aromatic heterocycles. The normalized spacial score (nSPS) is 10.7. The predicted molar refractivity (Wildman–Crippen MR) is 91.7 cm³/mol. The van der Waals surface area contributed by atoms with Crippen molar-refractivity contribution in [1.82, 2.24) is 10.3 Å². The van der Waals surface area contributed by atoms with Gasteiger partial charge in [0.1, 0.15) is 12.4 Å². The Morgan fingerprint density at radius 1 is 1.13 bits per heavy atom. The first kappa shape index (κ1) is 15.2. The number of benzene rings is 2. The number of aromatic amines is 1. The molecule has 4 nitrogen and oxygen atoms in total. The summed E-state index contributed by atoms with van der Waals surface area (Å²) in [5.74, 6) is 0.863. The molecule has 4 heteroatoms. The minimum absolute atomic E-state index is 0.00290. The van der Waals surface area contributed by atoms with Crippen LogP contribution in [-0.2, 0) is 11.2 Å². The number of hydrogen-bond donors (Lipinski definition) is 2. The summed E-state index contributed by atoms with van der Waals surface area (Å²) in [6.07, 6.45) is 2.27. The SMILES string of the molecule is Cc1ccccc1OCCNC(=O)Cc1c[nH]c2ccccc12. The van der Waals surface area contributed by atoms with E-state index >= 15 is 0 Å². The Kier molecular flexibility index (Phi) is 4.62. The van der Waals surface area contributed by atoms with E-state index in [0.29, 0.717) is 19.6 Å². The lowest BCUT2D eigenvalue weighted by molar-refractivity contribution is -0.120. The van der Waals surface area contributed by atoms with Gasteiger partial charge in [0.05, 0.1) is 13.0 Å². The fourth-order valence-electron chi connectivity index (χ4n) is 2.58. The molecule has 0 radical (unpaired) electrons. The summed E-state index contributed by atoms with van der Waals surface area (Å²) in [5, 5.41) is 3.99. The van der Waals surface area contributed by atoms with Gasteiger partial charge < -0.3 is 15.0 Å². The second-order valence-electron chi connectivity index (χ2n) is 5.50. The highest BCUT2D eigenvalue weighted by Gasteiger charge is 2.08. The molecule has 23 heavy (non-hydrogen) atoms. The number of ether oxygens (including phenoxy) is 1. The number of fused-ring (bicyclic) bond motifs is 1. The summed E-state index contributed by atoms with van der Waals surface area (Å²) < 4.78 is 5.67. The predicted octanol–water partition coefficient (Wildman–Crippen LogP) is 3.21. The number of amides is 1. The van der Waals surface area contributed by atoms with E-state index in [9.17, 15) is 4.79 Å². The van der Waals surface area contributed by atoms with Crippen LogP contribution in [-0.4, -0.2) is 24.0 Å². The van der Waals surface area contributed by atoms with Gasteiger partial charge in [-0.2, -0.15) is 0 Å². The maximum atomic E-state index is 12.1. The van der Waals surface area contributed by atoms with Gasteiger partial charge in [-0.15, -0.1) is 0 Å². The zero-order chi connectivity index (χ0) is 16.1. The first-order valence-electron chi connectivity index (χ1n) is 7.74. The Morgan fingerprint density at radius 3 is 2.78 bits per heavy atom. The van der Waals surface area contributed by atoms with Gasteiger partial charge in [0, 0.05) is 17.1 Å². The van der Waals surface area contributed by atoms with Crippen LogP contribution in [0, 0.1) is 6.92 Å². The highest BCUT2D eigenvalue weighted by atomic mass is 16.5. The summed E-state index contributed by atoms with van der Waals surface area (Å²) in [6.45, 7) is 2.96. The molecule has 0 fully saturated rings. The third-order valence-corrected chi connectivity index (χ3v) is 3.80. The molecule has 2 N–H and O–H groups in total. The van der Waals surface area contributed by atoms with Crippen LogP contribution in [0.5, 0.6) is 5.75 Å². The van der Waals surface area contributed by atoms with Crippen LogP contribution in [0.15, 0.2) is 54.7 Å². The minimum atomic E-state index is 0.00290. The van der Waals surface area contributed by atoms with Crippen molar-refractivity contribution in [3.05, 3.63) is 65.9 Å². The Balaban J connectivity index is 1.48. The van der Waals surface area contributed by atoms with Crippen molar-refractivity contribution in [1.29, 1.82) is 0 Å². The molecule has 0 saturated heterocycles. The van der Waals surface area contributed by atoms with Crippen LogP contribution in [0.1, 0.15) is 11.1 Å². The number of rotatable bonds is 6. The lowest BCUT2D eigenvalue weighted by Gasteiger charge is -2.09. The van der Waals surface area contributed by atoms with Gasteiger partial charge in [-0.25, -0.2) is 0 Å². The molecule has 0 bridgehead atoms. The number of para-hydroxylation sites is 2. The second kappa shape index (κ2) is 7.01. The van der Waals surface area contributed by atoms with E-state index in [0.717, 1.165) is 27.8 Å². The smallest absolute Gasteiger partial charge is 0.224 e. The number of carbonyl (C=O) groups excluding carboxylic acids is 1. The van der Waals surface area contributed by atoms with Gasteiger partial charge in [0.25, 0.3) is 0 Å². The summed E-state index contributed by atoms with van der Waals surface area (Å²) in [7, 11) is 0. The van der Waals surface area contributed by atoms with Crippen molar-refractivity contribution >= 4 is 16.8 Å². The molecule has 0 aliphatic rings. The molecule has 0 atom stereocenters. The highest BCUT2D eigenvalue weighted by Crippen LogP contribution is 2.18. The van der Waals surface area contributed by atoms with E-state index in [1.807, 2.05) is 61.7 Å². The largest absolute Gasteiger partial charge is 0.491 e. The summed E-state index contributed by atoms with van der Waals surface area (Å²) in [6, 6.07) is 15.8. The van der Waals surface area contributed by atoms with Crippen molar-refractivity contribution in [2.45, 2.75) is 13.3 Å². The molecule has 0 saturated carbocycles. The maximum Gasteiger partial charge on any atom is 0.224 e. The second-order valence-corrected chi connectivity index (χ2v) is 5.50. The van der Waals surface area contributed by atoms with Gasteiger partial charge >= 0.3 is 0 Å². The van der Waals surface area contributed by atoms with Gasteiger partial charge in [-0.3, -0.25) is 4.79 Å². The average Bonchev–Trinajstić information content (AvgIpc) is 2.96. The van der Waals surface area contributed by atoms with E-state index < -0.39 is 0 Å². The van der Waals surface area contributed by atoms with Gasteiger partial charge in [-0.05, 0) is 30.2 Å². The quantitative estimate of drug-likeness (QED) is 0.687. The first-order valence-corrected chi connectivity index (χ1v) is 7.74. The highest BCUT2D eigenvalue weighted by molar-refractivity contribution is 5.88. The third-order valence-electron chi connectivity index (χ3n) is 3.80. The van der Waals surface area contributed by atoms with Crippen LogP contribution in [0.4, 0.5) is 0 Å². The number of carbonyl (C=O) groups is 1. The van der Waals surface area contributed by atoms with Crippen LogP contribution >= 0.6 is 0 Å². The van der Waals surface area contributed by atoms with Crippen molar-refractivity contribution in [3.8, 4) is 5.75 Å².